The van der Waals surface area contributed by atoms with Gasteiger partial charge in [-0.05, 0) is 11.6 Å². The minimum absolute atomic E-state index is 0.495. The average molecular weight is 322 g/mol. The lowest BCUT2D eigenvalue weighted by molar-refractivity contribution is -0.196. The maximum atomic E-state index is 11.8. The second-order valence-corrected chi connectivity index (χ2v) is 5.52. The Balaban J connectivity index is 2.03. The van der Waals surface area contributed by atoms with Gasteiger partial charge in [-0.25, -0.2) is 9.59 Å². The molecule has 0 radical (unpaired) electrons. The molecule has 0 amide bonds. The molecule has 1 fully saturated rings. The third kappa shape index (κ3) is 4.16. The minimum Gasteiger partial charge on any atom is -0.479 e. The van der Waals surface area contributed by atoms with Gasteiger partial charge in [-0.15, -0.1) is 0 Å². The van der Waals surface area contributed by atoms with Crippen molar-refractivity contribution in [2.45, 2.75) is 36.8 Å². The minimum atomic E-state index is -2.24. The summed E-state index contributed by atoms with van der Waals surface area (Å²) in [6, 6.07) is 8.94. The quantitative estimate of drug-likeness (QED) is 0.452. The van der Waals surface area contributed by atoms with Gasteiger partial charge in [0.2, 0.25) is 0 Å². The highest BCUT2D eigenvalue weighted by molar-refractivity contribution is 5.87. The molecule has 7 heteroatoms. The Kier molecular flexibility index (Phi) is 5.15. The van der Waals surface area contributed by atoms with Crippen molar-refractivity contribution in [2.24, 2.45) is 0 Å². The normalized spacial score (nSPS) is 31.0. The maximum absolute atomic E-state index is 11.8. The number of rotatable bonds is 4. The molecule has 2 rings (SSSR count). The van der Waals surface area contributed by atoms with E-state index in [4.69, 9.17) is 9.84 Å². The van der Waals surface area contributed by atoms with E-state index in [1.54, 1.807) is 24.3 Å². The van der Waals surface area contributed by atoms with Gasteiger partial charge in [-0.1, -0.05) is 30.3 Å². The molecule has 4 atom stereocenters. The van der Waals surface area contributed by atoms with Crippen LogP contribution in [0.3, 0.4) is 0 Å². The van der Waals surface area contributed by atoms with E-state index >= 15 is 0 Å². The summed E-state index contributed by atoms with van der Waals surface area (Å²) in [4.78, 5) is 22.9. The van der Waals surface area contributed by atoms with Gasteiger partial charge in [-0.2, -0.15) is 0 Å². The lowest BCUT2D eigenvalue weighted by atomic mass is 9.79. The van der Waals surface area contributed by atoms with Gasteiger partial charge < -0.3 is 25.2 Å². The van der Waals surface area contributed by atoms with Crippen LogP contribution in [0.1, 0.15) is 18.4 Å². The Hall–Kier alpha value is -2.22. The van der Waals surface area contributed by atoms with Crippen molar-refractivity contribution in [3.05, 3.63) is 42.0 Å². The fourth-order valence-corrected chi connectivity index (χ4v) is 2.45. The van der Waals surface area contributed by atoms with Crippen LogP contribution in [0, 0.1) is 0 Å². The van der Waals surface area contributed by atoms with E-state index in [0.29, 0.717) is 0 Å². The van der Waals surface area contributed by atoms with Crippen LogP contribution >= 0.6 is 0 Å². The van der Waals surface area contributed by atoms with Gasteiger partial charge in [-0.3, -0.25) is 0 Å². The highest BCUT2D eigenvalue weighted by atomic mass is 16.6. The summed E-state index contributed by atoms with van der Waals surface area (Å²) in [5.74, 6) is -2.34. The van der Waals surface area contributed by atoms with Crippen molar-refractivity contribution in [1.29, 1.82) is 0 Å². The summed E-state index contributed by atoms with van der Waals surface area (Å²) < 4.78 is 4.98. The smallest absolute Gasteiger partial charge is 0.335 e. The van der Waals surface area contributed by atoms with E-state index in [9.17, 15) is 24.9 Å². The molecule has 1 aliphatic rings. The van der Waals surface area contributed by atoms with Crippen LogP contribution in [0.5, 0.6) is 0 Å². The first-order valence-corrected chi connectivity index (χ1v) is 7.07. The number of carbonyl (C=O) groups excluding carboxylic acids is 1. The number of benzene rings is 1. The van der Waals surface area contributed by atoms with E-state index in [-0.39, 0.29) is 0 Å². The summed E-state index contributed by atoms with van der Waals surface area (Å²) >= 11 is 0. The first-order valence-electron chi connectivity index (χ1n) is 7.07. The lowest BCUT2D eigenvalue weighted by Gasteiger charge is -2.39. The summed E-state index contributed by atoms with van der Waals surface area (Å²) in [6.07, 6.45) is -2.67. The molecule has 23 heavy (non-hydrogen) atoms. The molecule has 124 valence electrons. The van der Waals surface area contributed by atoms with E-state index in [0.717, 1.165) is 11.6 Å². The number of esters is 1. The van der Waals surface area contributed by atoms with Gasteiger partial charge in [0, 0.05) is 18.9 Å². The number of aliphatic hydroxyl groups excluding tert-OH is 2. The average Bonchev–Trinajstić information content (AvgIpc) is 2.51. The maximum Gasteiger partial charge on any atom is 0.335 e. The molecule has 0 unspecified atom stereocenters. The number of hydrogen-bond donors (Lipinski definition) is 4. The molecule has 1 aliphatic carbocycles. The van der Waals surface area contributed by atoms with Gasteiger partial charge in [0.15, 0.2) is 5.60 Å². The monoisotopic (exact) mass is 322 g/mol. The Labute approximate surface area is 132 Å². The SMILES string of the molecule is O=C(C=Cc1ccccc1)O[C@H]1C[C@](O)(C(=O)O)C[C@H](O)[C@H]1O. The number of aliphatic hydroxyl groups is 3. The molecule has 1 aromatic carbocycles. The third-order valence-electron chi connectivity index (χ3n) is 3.74. The van der Waals surface area contributed by atoms with Crippen molar-refractivity contribution < 1.29 is 34.8 Å². The third-order valence-corrected chi connectivity index (χ3v) is 3.74. The molecule has 1 saturated carbocycles. The number of ether oxygens (including phenoxy) is 1. The zero-order valence-electron chi connectivity index (χ0n) is 12.2. The fraction of sp³-hybridized carbons (Fsp3) is 0.375. The summed E-state index contributed by atoms with van der Waals surface area (Å²) in [6.45, 7) is 0. The van der Waals surface area contributed by atoms with Crippen LogP contribution in [0.2, 0.25) is 0 Å². The molecule has 0 saturated heterocycles. The van der Waals surface area contributed by atoms with Crippen molar-refractivity contribution in [1.82, 2.24) is 0 Å². The zero-order valence-corrected chi connectivity index (χ0v) is 12.2. The Morgan fingerprint density at radius 3 is 2.43 bits per heavy atom. The number of hydrogen-bond acceptors (Lipinski definition) is 6. The molecule has 1 aromatic rings. The van der Waals surface area contributed by atoms with Crippen molar-refractivity contribution in [2.75, 3.05) is 0 Å². The predicted octanol–water partition coefficient (Wildman–Crippen LogP) is -0.0571. The summed E-state index contributed by atoms with van der Waals surface area (Å²) in [7, 11) is 0. The first kappa shape index (κ1) is 17.1. The second-order valence-electron chi connectivity index (χ2n) is 5.52. The van der Waals surface area contributed by atoms with Crippen LogP contribution < -0.4 is 0 Å². The molecule has 4 N–H and O–H groups in total. The van der Waals surface area contributed by atoms with E-state index in [1.807, 2.05) is 6.07 Å². The fourth-order valence-electron chi connectivity index (χ4n) is 2.45. The van der Waals surface area contributed by atoms with Crippen molar-refractivity contribution in [3.8, 4) is 0 Å². The lowest BCUT2D eigenvalue weighted by Crippen LogP contribution is -2.57. The molecule has 7 nitrogen and oxygen atoms in total. The predicted molar refractivity (Wildman–Crippen MR) is 79.2 cm³/mol. The molecule has 0 spiro atoms. The Morgan fingerprint density at radius 1 is 1.17 bits per heavy atom. The van der Waals surface area contributed by atoms with Crippen molar-refractivity contribution in [3.63, 3.8) is 0 Å². The highest BCUT2D eigenvalue weighted by Gasteiger charge is 2.50. The number of aliphatic carboxylic acids is 1. The van der Waals surface area contributed by atoms with E-state index in [2.05, 4.69) is 0 Å². The van der Waals surface area contributed by atoms with Crippen LogP contribution in [0.25, 0.3) is 6.08 Å². The van der Waals surface area contributed by atoms with Gasteiger partial charge in [0.25, 0.3) is 0 Å². The molecule has 0 heterocycles. The van der Waals surface area contributed by atoms with Crippen LogP contribution in [0.15, 0.2) is 36.4 Å². The molecule has 0 aromatic heterocycles. The molecular weight excluding hydrogens is 304 g/mol. The van der Waals surface area contributed by atoms with Gasteiger partial charge in [0.05, 0.1) is 6.10 Å². The first-order chi connectivity index (χ1) is 10.8. The summed E-state index contributed by atoms with van der Waals surface area (Å²) in [5.41, 5.74) is -1.48. The number of carboxylic acid groups (broad SMARTS) is 1. The Bertz CT molecular complexity index is 598. The van der Waals surface area contributed by atoms with Gasteiger partial charge in [0.1, 0.15) is 12.2 Å². The van der Waals surface area contributed by atoms with Crippen LogP contribution in [-0.2, 0) is 14.3 Å². The zero-order chi connectivity index (χ0) is 17.0. The molecular formula is C16H18O7. The highest BCUT2D eigenvalue weighted by Crippen LogP contribution is 2.31. The standard InChI is InChI=1S/C16H18O7/c17-11-8-16(22,15(20)21)9-12(14(11)19)23-13(18)7-6-10-4-2-1-3-5-10/h1-7,11-12,14,17,19,22H,8-9H2,(H,20,21)/t11-,12-,14+,16-/m0/s1. The van der Waals surface area contributed by atoms with E-state index in [1.165, 1.54) is 6.08 Å². The largest absolute Gasteiger partial charge is 0.479 e. The number of carbonyl (C=O) groups is 2. The van der Waals surface area contributed by atoms with Crippen molar-refractivity contribution >= 4 is 18.0 Å². The number of carboxylic acids is 1. The van der Waals surface area contributed by atoms with Gasteiger partial charge >= 0.3 is 11.9 Å². The van der Waals surface area contributed by atoms with E-state index < -0.39 is 48.7 Å². The molecule has 0 aliphatic heterocycles. The topological polar surface area (TPSA) is 124 Å². The Morgan fingerprint density at radius 2 is 1.83 bits per heavy atom. The molecule has 0 bridgehead atoms. The second kappa shape index (κ2) is 6.91. The summed E-state index contributed by atoms with van der Waals surface area (Å²) in [5, 5.41) is 38.5. The van der Waals surface area contributed by atoms with Crippen LogP contribution in [0.4, 0.5) is 0 Å². The van der Waals surface area contributed by atoms with Crippen LogP contribution in [-0.4, -0.2) is 56.3 Å².